The molecule has 1 unspecified atom stereocenters. The molecule has 168 valence electrons. The second kappa shape index (κ2) is 11.5. The van der Waals surface area contributed by atoms with Crippen LogP contribution in [-0.4, -0.2) is 43.7 Å². The topological polar surface area (TPSA) is 85.8 Å². The van der Waals surface area contributed by atoms with Gasteiger partial charge in [0, 0.05) is 25.7 Å². The molecule has 2 aromatic carbocycles. The molecule has 6 nitrogen and oxygen atoms in total. The first-order valence-corrected chi connectivity index (χ1v) is 10.9. The Morgan fingerprint density at radius 1 is 1.10 bits per heavy atom. The summed E-state index contributed by atoms with van der Waals surface area (Å²) in [4.78, 5) is 16.3. The highest BCUT2D eigenvalue weighted by atomic mass is 16.3. The average Bonchev–Trinajstić information content (AvgIpc) is 2.76. The number of carbonyl (C=O) groups is 1. The van der Waals surface area contributed by atoms with E-state index >= 15 is 0 Å². The number of hydrogen-bond donors (Lipinski definition) is 4. The molecule has 4 N–H and O–H groups in total. The normalized spacial score (nSPS) is 12.9. The molecule has 2 aromatic rings. The summed E-state index contributed by atoms with van der Waals surface area (Å²) in [6.07, 6.45) is 0.0974. The maximum atomic E-state index is 11.8. The van der Waals surface area contributed by atoms with Crippen LogP contribution in [0.5, 0.6) is 0 Å². The van der Waals surface area contributed by atoms with E-state index in [-0.39, 0.29) is 17.9 Å². The molecule has 0 bridgehead atoms. The van der Waals surface area contributed by atoms with Crippen LogP contribution in [0.4, 0.5) is 0 Å². The van der Waals surface area contributed by atoms with Gasteiger partial charge < -0.3 is 21.1 Å². The molecule has 0 radical (unpaired) electrons. The van der Waals surface area contributed by atoms with Gasteiger partial charge in [-0.25, -0.2) is 0 Å². The van der Waals surface area contributed by atoms with Gasteiger partial charge in [-0.2, -0.15) is 0 Å². The zero-order valence-corrected chi connectivity index (χ0v) is 19.3. The summed E-state index contributed by atoms with van der Waals surface area (Å²) < 4.78 is 0. The number of aliphatic hydroxyl groups is 1. The van der Waals surface area contributed by atoms with Gasteiger partial charge >= 0.3 is 0 Å². The van der Waals surface area contributed by atoms with Crippen molar-refractivity contribution in [3.63, 3.8) is 0 Å². The molecule has 1 amide bonds. The summed E-state index contributed by atoms with van der Waals surface area (Å²) in [6.45, 7) is 10.2. The zero-order chi connectivity index (χ0) is 22.9. The quantitative estimate of drug-likeness (QED) is 0.387. The fraction of sp³-hybridized carbons (Fsp3) is 0.440. The highest BCUT2D eigenvalue weighted by Gasteiger charge is 2.14. The second-order valence-corrected chi connectivity index (χ2v) is 8.56. The van der Waals surface area contributed by atoms with Crippen LogP contribution in [0.1, 0.15) is 60.8 Å². The third-order valence-corrected chi connectivity index (χ3v) is 5.05. The number of nitrogens with one attached hydrogen (secondary N) is 3. The minimum absolute atomic E-state index is 0.0869. The summed E-state index contributed by atoms with van der Waals surface area (Å²) in [5.41, 5.74) is 3.91. The number of guanidine groups is 1. The van der Waals surface area contributed by atoms with Gasteiger partial charge in [0.2, 0.25) is 0 Å². The standard InChI is InChI=1S/C25H36N4O2/c1-6-27-24(28-15-14-18-8-7-9-20(16-18)23(31)26-5)29-17-22(30)19-10-12-21(13-11-19)25(2,3)4/h7-13,16,22,30H,6,14-15,17H2,1-5H3,(H,26,31)(H2,27,28,29). The number of hydrogen-bond acceptors (Lipinski definition) is 3. The van der Waals surface area contributed by atoms with Crippen LogP contribution in [0.2, 0.25) is 0 Å². The Bertz CT molecular complexity index is 870. The number of benzene rings is 2. The van der Waals surface area contributed by atoms with E-state index in [0.717, 1.165) is 24.1 Å². The molecule has 1 atom stereocenters. The summed E-state index contributed by atoms with van der Waals surface area (Å²) in [6, 6.07) is 15.7. The molecule has 0 aliphatic heterocycles. The van der Waals surface area contributed by atoms with Gasteiger partial charge in [-0.3, -0.25) is 9.79 Å². The van der Waals surface area contributed by atoms with Crippen LogP contribution in [0.25, 0.3) is 0 Å². The van der Waals surface area contributed by atoms with Crippen molar-refractivity contribution >= 4 is 11.9 Å². The van der Waals surface area contributed by atoms with E-state index in [0.29, 0.717) is 18.1 Å². The summed E-state index contributed by atoms with van der Waals surface area (Å²) in [5, 5.41) is 19.7. The van der Waals surface area contributed by atoms with E-state index in [9.17, 15) is 9.90 Å². The first kappa shape index (κ1) is 24.4. The van der Waals surface area contributed by atoms with Gasteiger partial charge in [-0.05, 0) is 47.6 Å². The monoisotopic (exact) mass is 424 g/mol. The lowest BCUT2D eigenvalue weighted by atomic mass is 9.86. The molecule has 6 heteroatoms. The van der Waals surface area contributed by atoms with Crippen molar-refractivity contribution in [3.05, 3.63) is 70.8 Å². The van der Waals surface area contributed by atoms with Gasteiger partial charge in [0.1, 0.15) is 0 Å². The van der Waals surface area contributed by atoms with Crippen LogP contribution < -0.4 is 16.0 Å². The minimum atomic E-state index is -0.659. The van der Waals surface area contributed by atoms with Crippen molar-refractivity contribution in [1.82, 2.24) is 16.0 Å². The number of carbonyl (C=O) groups excluding carboxylic acids is 1. The molecular formula is C25H36N4O2. The van der Waals surface area contributed by atoms with Crippen LogP contribution in [-0.2, 0) is 11.8 Å². The van der Waals surface area contributed by atoms with Gasteiger partial charge in [0.15, 0.2) is 5.96 Å². The van der Waals surface area contributed by atoms with Gasteiger partial charge in [0.05, 0.1) is 12.6 Å². The van der Waals surface area contributed by atoms with Crippen molar-refractivity contribution in [2.75, 3.05) is 26.7 Å². The fourth-order valence-corrected chi connectivity index (χ4v) is 3.17. The fourth-order valence-electron chi connectivity index (χ4n) is 3.17. The lowest BCUT2D eigenvalue weighted by Gasteiger charge is -2.20. The van der Waals surface area contributed by atoms with Crippen LogP contribution >= 0.6 is 0 Å². The molecular weight excluding hydrogens is 388 g/mol. The third-order valence-electron chi connectivity index (χ3n) is 5.05. The molecule has 2 rings (SSSR count). The first-order chi connectivity index (χ1) is 14.7. The predicted octanol–water partition coefficient (Wildman–Crippen LogP) is 3.17. The minimum Gasteiger partial charge on any atom is -0.386 e. The average molecular weight is 425 g/mol. The van der Waals surface area contributed by atoms with E-state index in [2.05, 4.69) is 53.8 Å². The Kier molecular flexibility index (Phi) is 9.06. The second-order valence-electron chi connectivity index (χ2n) is 8.56. The molecule has 0 aromatic heterocycles. The van der Waals surface area contributed by atoms with Gasteiger partial charge in [0.25, 0.3) is 5.91 Å². The number of aliphatic hydroxyl groups excluding tert-OH is 1. The Morgan fingerprint density at radius 3 is 2.42 bits per heavy atom. The number of amides is 1. The smallest absolute Gasteiger partial charge is 0.251 e. The number of aliphatic imine (C=N–C) groups is 1. The summed E-state index contributed by atoms with van der Waals surface area (Å²) in [5.74, 6) is 0.574. The van der Waals surface area contributed by atoms with E-state index in [1.54, 1.807) is 13.1 Å². The Morgan fingerprint density at radius 2 is 1.81 bits per heavy atom. The van der Waals surface area contributed by atoms with Crippen molar-refractivity contribution in [1.29, 1.82) is 0 Å². The van der Waals surface area contributed by atoms with Crippen LogP contribution in [0, 0.1) is 0 Å². The van der Waals surface area contributed by atoms with Gasteiger partial charge in [-0.1, -0.05) is 57.2 Å². The molecule has 0 aliphatic carbocycles. The Balaban J connectivity index is 1.93. The third kappa shape index (κ3) is 7.72. The molecule has 0 saturated carbocycles. The van der Waals surface area contributed by atoms with Crippen molar-refractivity contribution in [2.24, 2.45) is 4.99 Å². The molecule has 0 heterocycles. The molecule has 0 saturated heterocycles. The van der Waals surface area contributed by atoms with Crippen molar-refractivity contribution in [3.8, 4) is 0 Å². The first-order valence-electron chi connectivity index (χ1n) is 10.9. The van der Waals surface area contributed by atoms with Gasteiger partial charge in [-0.15, -0.1) is 0 Å². The summed E-state index contributed by atoms with van der Waals surface area (Å²) in [7, 11) is 1.63. The van der Waals surface area contributed by atoms with Crippen molar-refractivity contribution in [2.45, 2.75) is 45.6 Å². The van der Waals surface area contributed by atoms with Crippen LogP contribution in [0.15, 0.2) is 53.5 Å². The van der Waals surface area contributed by atoms with E-state index in [4.69, 9.17) is 0 Å². The molecule has 0 fully saturated rings. The highest BCUT2D eigenvalue weighted by molar-refractivity contribution is 5.94. The largest absolute Gasteiger partial charge is 0.386 e. The molecule has 0 spiro atoms. The van der Waals surface area contributed by atoms with Crippen molar-refractivity contribution < 1.29 is 9.90 Å². The highest BCUT2D eigenvalue weighted by Crippen LogP contribution is 2.24. The Hall–Kier alpha value is -2.86. The number of rotatable bonds is 8. The lowest BCUT2D eigenvalue weighted by molar-refractivity contribution is 0.0963. The van der Waals surface area contributed by atoms with E-state index in [1.807, 2.05) is 37.3 Å². The maximum absolute atomic E-state index is 11.8. The lowest BCUT2D eigenvalue weighted by Crippen LogP contribution is -2.38. The summed E-state index contributed by atoms with van der Waals surface area (Å²) >= 11 is 0. The molecule has 0 aliphatic rings. The van der Waals surface area contributed by atoms with E-state index < -0.39 is 6.10 Å². The number of nitrogens with zero attached hydrogens (tertiary/aromatic N) is 1. The predicted molar refractivity (Wildman–Crippen MR) is 128 cm³/mol. The Labute approximate surface area is 186 Å². The molecule has 31 heavy (non-hydrogen) atoms. The maximum Gasteiger partial charge on any atom is 0.251 e. The SMILES string of the molecule is CCNC(=NCC(O)c1ccc(C(C)(C)C)cc1)NCCc1cccc(C(=O)NC)c1. The van der Waals surface area contributed by atoms with E-state index in [1.165, 1.54) is 5.56 Å². The van der Waals surface area contributed by atoms with Crippen LogP contribution in [0.3, 0.4) is 0 Å². The zero-order valence-electron chi connectivity index (χ0n) is 19.3.